The summed E-state index contributed by atoms with van der Waals surface area (Å²) in [6.07, 6.45) is 1.56. The summed E-state index contributed by atoms with van der Waals surface area (Å²) in [6.45, 7) is 3.58. The van der Waals surface area contributed by atoms with Gasteiger partial charge in [-0.1, -0.05) is 5.16 Å². The first-order valence-electron chi connectivity index (χ1n) is 6.73. The summed E-state index contributed by atoms with van der Waals surface area (Å²) < 4.78 is 11.2. The van der Waals surface area contributed by atoms with Gasteiger partial charge in [-0.15, -0.1) is 0 Å². The zero-order chi connectivity index (χ0) is 15.7. The van der Waals surface area contributed by atoms with Crippen molar-refractivity contribution >= 4 is 17.0 Å². The van der Waals surface area contributed by atoms with Crippen molar-refractivity contribution in [1.82, 2.24) is 14.7 Å². The molecule has 3 rings (SSSR count). The number of aryl methyl sites for hydroxylation is 1. The molecular weight excluding hydrogens is 286 g/mol. The molecule has 0 aromatic carbocycles. The molecule has 0 saturated heterocycles. The van der Waals surface area contributed by atoms with Crippen molar-refractivity contribution in [2.45, 2.75) is 13.8 Å². The van der Waals surface area contributed by atoms with E-state index in [0.717, 1.165) is 0 Å². The van der Waals surface area contributed by atoms with E-state index in [-0.39, 0.29) is 18.0 Å². The predicted octanol–water partition coefficient (Wildman–Crippen LogP) is 1.86. The van der Waals surface area contributed by atoms with Gasteiger partial charge in [0, 0.05) is 17.6 Å². The largest absolute Gasteiger partial charge is 0.462 e. The number of carbonyl (C=O) groups excluding carboxylic acids is 1. The van der Waals surface area contributed by atoms with Crippen LogP contribution in [0.1, 0.15) is 23.0 Å². The smallest absolute Gasteiger partial charge is 0.343 e. The summed E-state index contributed by atoms with van der Waals surface area (Å²) in [5.41, 5.74) is -0.213. The Hall–Kier alpha value is -2.96. The maximum absolute atomic E-state index is 12.6. The fourth-order valence-electron chi connectivity index (χ4n) is 2.17. The molecule has 3 aromatic rings. The molecule has 0 aliphatic rings. The van der Waals surface area contributed by atoms with E-state index in [2.05, 4.69) is 10.1 Å². The number of esters is 1. The number of fused-ring (bicyclic) bond motifs is 1. The average Bonchev–Trinajstić information content (AvgIpc) is 2.93. The van der Waals surface area contributed by atoms with E-state index in [1.54, 1.807) is 38.2 Å². The van der Waals surface area contributed by atoms with Crippen molar-refractivity contribution in [2.24, 2.45) is 0 Å². The van der Waals surface area contributed by atoms with Crippen LogP contribution in [0.2, 0.25) is 0 Å². The van der Waals surface area contributed by atoms with Crippen LogP contribution in [0.15, 0.2) is 39.8 Å². The van der Waals surface area contributed by atoms with E-state index in [9.17, 15) is 9.59 Å². The number of aromatic nitrogens is 3. The van der Waals surface area contributed by atoms with Crippen molar-refractivity contribution < 1.29 is 14.1 Å². The summed E-state index contributed by atoms with van der Waals surface area (Å²) in [5.74, 6) is 0.150. The second kappa shape index (κ2) is 5.44. The van der Waals surface area contributed by atoms with Gasteiger partial charge in [0.1, 0.15) is 17.0 Å². The Labute approximate surface area is 125 Å². The van der Waals surface area contributed by atoms with E-state index in [4.69, 9.17) is 9.26 Å². The monoisotopic (exact) mass is 299 g/mol. The van der Waals surface area contributed by atoms with Crippen LogP contribution in [0.3, 0.4) is 0 Å². The highest BCUT2D eigenvalue weighted by molar-refractivity contribution is 5.93. The fraction of sp³-hybridized carbons (Fsp3) is 0.200. The normalized spacial score (nSPS) is 10.8. The quantitative estimate of drug-likeness (QED) is 0.686. The summed E-state index contributed by atoms with van der Waals surface area (Å²) in [5, 5.41) is 4.47. The number of rotatable bonds is 3. The maximum Gasteiger partial charge on any atom is 0.343 e. The van der Waals surface area contributed by atoms with Crippen molar-refractivity contribution in [3.8, 4) is 5.82 Å². The van der Waals surface area contributed by atoms with Gasteiger partial charge in [0.25, 0.3) is 5.56 Å². The molecule has 0 aliphatic heterocycles. The minimum absolute atomic E-state index is 0.0667. The first-order chi connectivity index (χ1) is 10.6. The molecular formula is C15H13N3O4. The third kappa shape index (κ3) is 2.26. The molecule has 0 N–H and O–H groups in total. The Bertz CT molecular complexity index is 911. The van der Waals surface area contributed by atoms with Gasteiger partial charge >= 0.3 is 5.97 Å². The van der Waals surface area contributed by atoms with Crippen molar-refractivity contribution in [2.75, 3.05) is 6.61 Å². The van der Waals surface area contributed by atoms with Gasteiger partial charge in [0.05, 0.1) is 6.61 Å². The molecule has 22 heavy (non-hydrogen) atoms. The Balaban J connectivity index is 2.35. The van der Waals surface area contributed by atoms with Crippen molar-refractivity contribution in [3.63, 3.8) is 0 Å². The summed E-state index contributed by atoms with van der Waals surface area (Å²) in [4.78, 5) is 28.9. The van der Waals surface area contributed by atoms with Gasteiger partial charge in [-0.2, -0.15) is 0 Å². The molecule has 0 atom stereocenters. The zero-order valence-electron chi connectivity index (χ0n) is 12.1. The second-order valence-corrected chi connectivity index (χ2v) is 4.63. The van der Waals surface area contributed by atoms with Gasteiger partial charge in [-0.3, -0.25) is 4.79 Å². The number of nitrogens with zero attached hydrogens (tertiary/aromatic N) is 3. The summed E-state index contributed by atoms with van der Waals surface area (Å²) >= 11 is 0. The highest BCUT2D eigenvalue weighted by atomic mass is 16.5. The summed E-state index contributed by atoms with van der Waals surface area (Å²) in [6, 6.07) is 6.56. The van der Waals surface area contributed by atoms with Gasteiger partial charge < -0.3 is 9.26 Å². The predicted molar refractivity (Wildman–Crippen MR) is 78.1 cm³/mol. The Morgan fingerprint density at radius 2 is 2.23 bits per heavy atom. The number of hydrogen-bond acceptors (Lipinski definition) is 6. The molecule has 0 radical (unpaired) electrons. The van der Waals surface area contributed by atoms with Crippen LogP contribution in [0.25, 0.3) is 16.9 Å². The molecule has 3 aromatic heterocycles. The topological polar surface area (TPSA) is 87.2 Å². The molecule has 3 heterocycles. The number of hydrogen-bond donors (Lipinski definition) is 0. The maximum atomic E-state index is 12.6. The van der Waals surface area contributed by atoms with Crippen LogP contribution in [-0.2, 0) is 4.74 Å². The van der Waals surface area contributed by atoms with Crippen LogP contribution >= 0.6 is 0 Å². The standard InChI is InChI=1S/C15H13N3O4/c1-3-21-15(20)11-8-10-5-4-6-16-13(10)18(14(11)19)12-7-9(2)22-17-12/h4-8H,3H2,1-2H3. The Morgan fingerprint density at radius 3 is 2.91 bits per heavy atom. The van der Waals surface area contributed by atoms with Crippen LogP contribution in [0, 0.1) is 6.92 Å². The highest BCUT2D eigenvalue weighted by Crippen LogP contribution is 2.16. The molecule has 7 nitrogen and oxygen atoms in total. The number of ether oxygens (including phenoxy) is 1. The first-order valence-corrected chi connectivity index (χ1v) is 6.73. The fourth-order valence-corrected chi connectivity index (χ4v) is 2.17. The minimum Gasteiger partial charge on any atom is -0.462 e. The molecule has 0 unspecified atom stereocenters. The van der Waals surface area contributed by atoms with E-state index in [1.807, 2.05) is 0 Å². The third-order valence-electron chi connectivity index (χ3n) is 3.10. The minimum atomic E-state index is -0.674. The molecule has 7 heteroatoms. The van der Waals surface area contributed by atoms with Crippen LogP contribution in [0.5, 0.6) is 0 Å². The van der Waals surface area contributed by atoms with Gasteiger partial charge in [-0.05, 0) is 32.0 Å². The Morgan fingerprint density at radius 1 is 1.41 bits per heavy atom. The lowest BCUT2D eigenvalue weighted by atomic mass is 10.2. The number of carbonyl (C=O) groups is 1. The van der Waals surface area contributed by atoms with Crippen molar-refractivity contribution in [1.29, 1.82) is 0 Å². The highest BCUT2D eigenvalue weighted by Gasteiger charge is 2.19. The lowest BCUT2D eigenvalue weighted by Crippen LogP contribution is -2.27. The second-order valence-electron chi connectivity index (χ2n) is 4.63. The lowest BCUT2D eigenvalue weighted by molar-refractivity contribution is 0.0524. The van der Waals surface area contributed by atoms with Gasteiger partial charge in [-0.25, -0.2) is 14.3 Å². The SMILES string of the molecule is CCOC(=O)c1cc2cccnc2n(-c2cc(C)on2)c1=O. The summed E-state index contributed by atoms with van der Waals surface area (Å²) in [7, 11) is 0. The average molecular weight is 299 g/mol. The van der Waals surface area contributed by atoms with E-state index in [0.29, 0.717) is 16.8 Å². The van der Waals surface area contributed by atoms with Crippen molar-refractivity contribution in [3.05, 3.63) is 52.1 Å². The molecule has 0 fully saturated rings. The van der Waals surface area contributed by atoms with E-state index >= 15 is 0 Å². The molecule has 0 bridgehead atoms. The molecule has 0 spiro atoms. The number of pyridine rings is 2. The van der Waals surface area contributed by atoms with E-state index < -0.39 is 11.5 Å². The lowest BCUT2D eigenvalue weighted by Gasteiger charge is -2.08. The van der Waals surface area contributed by atoms with Crippen LogP contribution in [0.4, 0.5) is 0 Å². The zero-order valence-corrected chi connectivity index (χ0v) is 12.1. The molecule has 0 amide bonds. The molecule has 112 valence electrons. The Kier molecular flexibility index (Phi) is 3.46. The van der Waals surface area contributed by atoms with Gasteiger partial charge in [0.15, 0.2) is 5.82 Å². The van der Waals surface area contributed by atoms with E-state index in [1.165, 1.54) is 10.6 Å². The first kappa shape index (κ1) is 14.0. The van der Waals surface area contributed by atoms with Crippen LogP contribution in [-0.4, -0.2) is 27.3 Å². The van der Waals surface area contributed by atoms with Crippen LogP contribution < -0.4 is 5.56 Å². The molecule has 0 aliphatic carbocycles. The molecule has 0 saturated carbocycles. The third-order valence-corrected chi connectivity index (χ3v) is 3.10. The van der Waals surface area contributed by atoms with Gasteiger partial charge in [0.2, 0.25) is 0 Å².